The molecule has 1 unspecified atom stereocenters. The fourth-order valence-corrected chi connectivity index (χ4v) is 0.561. The lowest BCUT2D eigenvalue weighted by atomic mass is 10.1. The van der Waals surface area contributed by atoms with Gasteiger partial charge >= 0.3 is 0 Å². The van der Waals surface area contributed by atoms with E-state index in [2.05, 4.69) is 4.84 Å². The Balaban J connectivity index is 4.02. The zero-order valence-electron chi connectivity index (χ0n) is 7.37. The van der Waals surface area contributed by atoms with Gasteiger partial charge in [0.05, 0.1) is 7.11 Å². The van der Waals surface area contributed by atoms with Crippen LogP contribution < -0.4 is 0 Å². The lowest BCUT2D eigenvalue weighted by molar-refractivity contribution is -0.179. The Morgan fingerprint density at radius 1 is 1.55 bits per heavy atom. The molecule has 66 valence electrons. The van der Waals surface area contributed by atoms with Crippen LogP contribution in [-0.4, -0.2) is 36.3 Å². The van der Waals surface area contributed by atoms with Crippen molar-refractivity contribution in [1.29, 1.82) is 0 Å². The lowest BCUT2D eigenvalue weighted by Gasteiger charge is -2.19. The number of amides is 1. The molecular weight excluding hydrogens is 146 g/mol. The third kappa shape index (κ3) is 2.86. The summed E-state index contributed by atoms with van der Waals surface area (Å²) in [6.07, 6.45) is -0.972. The molecule has 0 aliphatic rings. The van der Waals surface area contributed by atoms with Gasteiger partial charge in [0.25, 0.3) is 5.91 Å². The standard InChI is InChI=1S/C7H15NO3/c1-5(2)6(9)7(10)8(3)11-4/h5-6,9H,1-4H3. The maximum Gasteiger partial charge on any atom is 0.274 e. The van der Waals surface area contributed by atoms with Gasteiger partial charge in [-0.05, 0) is 5.92 Å². The number of hydrogen-bond acceptors (Lipinski definition) is 3. The molecule has 0 radical (unpaired) electrons. The van der Waals surface area contributed by atoms with Crippen LogP contribution in [0.4, 0.5) is 0 Å². The first-order valence-corrected chi connectivity index (χ1v) is 3.50. The van der Waals surface area contributed by atoms with Crippen LogP contribution in [0.5, 0.6) is 0 Å². The van der Waals surface area contributed by atoms with Crippen molar-refractivity contribution in [2.24, 2.45) is 5.92 Å². The summed E-state index contributed by atoms with van der Waals surface area (Å²) in [5.74, 6) is -0.498. The van der Waals surface area contributed by atoms with Crippen molar-refractivity contribution in [3.8, 4) is 0 Å². The number of hydroxylamine groups is 2. The largest absolute Gasteiger partial charge is 0.383 e. The number of rotatable bonds is 3. The molecule has 0 rings (SSSR count). The van der Waals surface area contributed by atoms with E-state index in [-0.39, 0.29) is 5.92 Å². The number of carbonyl (C=O) groups is 1. The maximum absolute atomic E-state index is 11.1. The first kappa shape index (κ1) is 10.4. The highest BCUT2D eigenvalue weighted by molar-refractivity contribution is 5.79. The predicted molar refractivity (Wildman–Crippen MR) is 40.6 cm³/mol. The van der Waals surface area contributed by atoms with Crippen molar-refractivity contribution in [2.45, 2.75) is 20.0 Å². The molecule has 0 saturated carbocycles. The van der Waals surface area contributed by atoms with E-state index < -0.39 is 12.0 Å². The van der Waals surface area contributed by atoms with Crippen LogP contribution >= 0.6 is 0 Å². The summed E-state index contributed by atoms with van der Waals surface area (Å²) in [7, 11) is 2.85. The van der Waals surface area contributed by atoms with E-state index in [1.807, 2.05) is 0 Å². The van der Waals surface area contributed by atoms with E-state index in [9.17, 15) is 9.90 Å². The second kappa shape index (κ2) is 4.31. The summed E-state index contributed by atoms with van der Waals surface area (Å²) >= 11 is 0. The van der Waals surface area contributed by atoms with Crippen molar-refractivity contribution in [2.75, 3.05) is 14.2 Å². The van der Waals surface area contributed by atoms with Crippen LogP contribution in [0.3, 0.4) is 0 Å². The summed E-state index contributed by atoms with van der Waals surface area (Å²) in [5, 5.41) is 10.2. The number of likely N-dealkylation sites (N-methyl/N-ethyl adjacent to an activating group) is 1. The molecule has 1 N–H and O–H groups in total. The number of carbonyl (C=O) groups excluding carboxylic acids is 1. The SMILES string of the molecule is CON(C)C(=O)C(O)C(C)C. The molecule has 0 fully saturated rings. The van der Waals surface area contributed by atoms with Gasteiger partial charge in [0.15, 0.2) is 0 Å². The lowest BCUT2D eigenvalue weighted by Crippen LogP contribution is -2.38. The molecule has 0 heterocycles. The Morgan fingerprint density at radius 3 is 2.27 bits per heavy atom. The smallest absolute Gasteiger partial charge is 0.274 e. The Bertz CT molecular complexity index is 136. The molecule has 0 spiro atoms. The minimum absolute atomic E-state index is 0.0832. The van der Waals surface area contributed by atoms with Gasteiger partial charge in [0, 0.05) is 7.05 Å². The van der Waals surface area contributed by atoms with E-state index in [1.54, 1.807) is 13.8 Å². The van der Waals surface area contributed by atoms with Crippen LogP contribution in [-0.2, 0) is 9.63 Å². The zero-order valence-corrected chi connectivity index (χ0v) is 7.37. The van der Waals surface area contributed by atoms with Crippen LogP contribution in [0.15, 0.2) is 0 Å². The molecule has 0 aromatic rings. The maximum atomic E-state index is 11.1. The molecule has 1 amide bonds. The molecule has 0 aromatic carbocycles. The number of aliphatic hydroxyl groups is 1. The summed E-state index contributed by atoms with van der Waals surface area (Å²) in [6, 6.07) is 0. The van der Waals surface area contributed by atoms with Gasteiger partial charge in [-0.2, -0.15) is 0 Å². The van der Waals surface area contributed by atoms with Crippen LogP contribution in [0.25, 0.3) is 0 Å². The molecule has 11 heavy (non-hydrogen) atoms. The van der Waals surface area contributed by atoms with E-state index >= 15 is 0 Å². The molecule has 0 saturated heterocycles. The Morgan fingerprint density at radius 2 is 2.00 bits per heavy atom. The minimum atomic E-state index is -0.972. The average molecular weight is 161 g/mol. The molecule has 0 bridgehead atoms. The van der Waals surface area contributed by atoms with Crippen molar-refractivity contribution in [1.82, 2.24) is 5.06 Å². The fraction of sp³-hybridized carbons (Fsp3) is 0.857. The van der Waals surface area contributed by atoms with Crippen molar-refractivity contribution in [3.63, 3.8) is 0 Å². The Labute approximate surface area is 66.7 Å². The molecule has 1 atom stereocenters. The minimum Gasteiger partial charge on any atom is -0.383 e. The molecule has 0 aliphatic heterocycles. The van der Waals surface area contributed by atoms with Crippen molar-refractivity contribution < 1.29 is 14.7 Å². The third-order valence-electron chi connectivity index (χ3n) is 1.47. The predicted octanol–water partition coefficient (Wildman–Crippen LogP) is 0.0231. The van der Waals surface area contributed by atoms with Crippen LogP contribution in [0.2, 0.25) is 0 Å². The number of aliphatic hydroxyl groups excluding tert-OH is 1. The topological polar surface area (TPSA) is 49.8 Å². The van der Waals surface area contributed by atoms with Crippen LogP contribution in [0, 0.1) is 5.92 Å². The summed E-state index contributed by atoms with van der Waals surface area (Å²) in [6.45, 7) is 3.54. The quantitative estimate of drug-likeness (QED) is 0.594. The summed E-state index contributed by atoms with van der Waals surface area (Å²) < 4.78 is 0. The average Bonchev–Trinajstić information content (AvgIpc) is 2.00. The molecular formula is C7H15NO3. The number of hydrogen-bond donors (Lipinski definition) is 1. The molecule has 0 aromatic heterocycles. The van der Waals surface area contributed by atoms with Gasteiger partial charge in [-0.1, -0.05) is 13.8 Å². The first-order chi connectivity index (χ1) is 5.00. The monoisotopic (exact) mass is 161 g/mol. The first-order valence-electron chi connectivity index (χ1n) is 3.50. The van der Waals surface area contributed by atoms with Crippen molar-refractivity contribution >= 4 is 5.91 Å². The highest BCUT2D eigenvalue weighted by Gasteiger charge is 2.22. The van der Waals surface area contributed by atoms with E-state index in [1.165, 1.54) is 14.2 Å². The Kier molecular flexibility index (Phi) is 4.07. The van der Waals surface area contributed by atoms with Gasteiger partial charge < -0.3 is 5.11 Å². The zero-order chi connectivity index (χ0) is 9.02. The highest BCUT2D eigenvalue weighted by atomic mass is 16.7. The van der Waals surface area contributed by atoms with Gasteiger partial charge in [-0.15, -0.1) is 0 Å². The summed E-state index contributed by atoms with van der Waals surface area (Å²) in [5.41, 5.74) is 0. The van der Waals surface area contributed by atoms with E-state index in [4.69, 9.17) is 0 Å². The van der Waals surface area contributed by atoms with E-state index in [0.717, 1.165) is 5.06 Å². The van der Waals surface area contributed by atoms with Gasteiger partial charge in [0.2, 0.25) is 0 Å². The fourth-order valence-electron chi connectivity index (χ4n) is 0.561. The van der Waals surface area contributed by atoms with Gasteiger partial charge in [0.1, 0.15) is 6.10 Å². The molecule has 4 nitrogen and oxygen atoms in total. The number of nitrogens with zero attached hydrogens (tertiary/aromatic N) is 1. The van der Waals surface area contributed by atoms with Crippen LogP contribution in [0.1, 0.15) is 13.8 Å². The van der Waals surface area contributed by atoms with E-state index in [0.29, 0.717) is 0 Å². The third-order valence-corrected chi connectivity index (χ3v) is 1.47. The van der Waals surface area contributed by atoms with Gasteiger partial charge in [-0.3, -0.25) is 9.63 Å². The second-order valence-electron chi connectivity index (χ2n) is 2.71. The molecule has 4 heteroatoms. The highest BCUT2D eigenvalue weighted by Crippen LogP contribution is 2.03. The van der Waals surface area contributed by atoms with Gasteiger partial charge in [-0.25, -0.2) is 5.06 Å². The summed E-state index contributed by atoms with van der Waals surface area (Å²) in [4.78, 5) is 15.7. The second-order valence-corrected chi connectivity index (χ2v) is 2.71. The van der Waals surface area contributed by atoms with Crippen molar-refractivity contribution in [3.05, 3.63) is 0 Å². The normalized spacial score (nSPS) is 13.3. The molecule has 0 aliphatic carbocycles. The Hall–Kier alpha value is -0.610.